The van der Waals surface area contributed by atoms with Gasteiger partial charge in [-0.2, -0.15) is 0 Å². The molecule has 1 unspecified atom stereocenters. The minimum atomic E-state index is -0.810. The van der Waals surface area contributed by atoms with Crippen LogP contribution in [-0.4, -0.2) is 24.4 Å². The summed E-state index contributed by atoms with van der Waals surface area (Å²) in [5.74, 6) is -2.27. The third-order valence-electron chi connectivity index (χ3n) is 3.83. The molecule has 1 heterocycles. The number of hydrogen-bond acceptors (Lipinski definition) is 2. The molecule has 0 radical (unpaired) electrons. The molecular weight excluding hydrogens is 382 g/mol. The van der Waals surface area contributed by atoms with Crippen LogP contribution in [-0.2, 0) is 4.79 Å². The molecule has 2 amide bonds. The zero-order valence-electron chi connectivity index (χ0n) is 12.4. The molecule has 4 nitrogen and oxygen atoms in total. The van der Waals surface area contributed by atoms with Crippen molar-refractivity contribution in [3.05, 3.63) is 64.1 Å². The maximum Gasteiger partial charge on any atom is 0.254 e. The van der Waals surface area contributed by atoms with E-state index in [2.05, 4.69) is 21.2 Å². The van der Waals surface area contributed by atoms with E-state index in [9.17, 15) is 18.4 Å². The van der Waals surface area contributed by atoms with E-state index in [0.29, 0.717) is 10.9 Å². The second kappa shape index (κ2) is 6.68. The Balaban J connectivity index is 1.75. The van der Waals surface area contributed by atoms with Gasteiger partial charge in [-0.1, -0.05) is 28.1 Å². The summed E-state index contributed by atoms with van der Waals surface area (Å²) in [5, 5.41) is 2.52. The zero-order chi connectivity index (χ0) is 17.3. The van der Waals surface area contributed by atoms with E-state index in [1.807, 2.05) is 0 Å². The number of benzene rings is 2. The molecule has 2 aromatic carbocycles. The highest BCUT2D eigenvalue weighted by Crippen LogP contribution is 2.25. The molecule has 1 aliphatic rings. The smallest absolute Gasteiger partial charge is 0.254 e. The van der Waals surface area contributed by atoms with Gasteiger partial charge in [0.25, 0.3) is 5.91 Å². The summed E-state index contributed by atoms with van der Waals surface area (Å²) >= 11 is 3.17. The molecule has 1 saturated heterocycles. The van der Waals surface area contributed by atoms with E-state index < -0.39 is 29.5 Å². The van der Waals surface area contributed by atoms with Crippen LogP contribution in [0.4, 0.5) is 14.5 Å². The molecule has 24 heavy (non-hydrogen) atoms. The van der Waals surface area contributed by atoms with Crippen molar-refractivity contribution >= 4 is 33.4 Å². The number of nitrogens with zero attached hydrogens (tertiary/aromatic N) is 1. The average Bonchev–Trinajstić information content (AvgIpc) is 2.91. The van der Waals surface area contributed by atoms with Gasteiger partial charge in [-0.3, -0.25) is 9.59 Å². The van der Waals surface area contributed by atoms with E-state index in [-0.39, 0.29) is 17.8 Å². The van der Waals surface area contributed by atoms with Gasteiger partial charge in [0.05, 0.1) is 11.3 Å². The van der Waals surface area contributed by atoms with Crippen molar-refractivity contribution < 1.29 is 18.4 Å². The number of hydrogen-bond donors (Lipinski definition) is 1. The van der Waals surface area contributed by atoms with Crippen molar-refractivity contribution in [3.63, 3.8) is 0 Å². The first-order valence-electron chi connectivity index (χ1n) is 7.29. The lowest BCUT2D eigenvalue weighted by molar-refractivity contribution is -0.118. The molecule has 1 N–H and O–H groups in total. The number of nitrogens with one attached hydrogen (secondary N) is 1. The number of para-hydroxylation sites is 1. The lowest BCUT2D eigenvalue weighted by Crippen LogP contribution is -2.42. The highest BCUT2D eigenvalue weighted by Gasteiger charge is 2.35. The van der Waals surface area contributed by atoms with Crippen molar-refractivity contribution in [2.45, 2.75) is 12.5 Å². The van der Waals surface area contributed by atoms with Gasteiger partial charge in [0.2, 0.25) is 5.91 Å². The maximum atomic E-state index is 13.8. The van der Waals surface area contributed by atoms with Gasteiger partial charge < -0.3 is 10.2 Å². The van der Waals surface area contributed by atoms with Gasteiger partial charge in [-0.25, -0.2) is 8.78 Å². The highest BCUT2D eigenvalue weighted by molar-refractivity contribution is 9.10. The number of amides is 2. The van der Waals surface area contributed by atoms with Crippen molar-refractivity contribution in [1.82, 2.24) is 5.32 Å². The van der Waals surface area contributed by atoms with Gasteiger partial charge in [0.15, 0.2) is 0 Å². The molecule has 0 saturated carbocycles. The molecule has 0 aromatic heterocycles. The molecule has 0 aliphatic carbocycles. The fraction of sp³-hybridized carbons (Fsp3) is 0.176. The van der Waals surface area contributed by atoms with Crippen LogP contribution >= 0.6 is 15.9 Å². The van der Waals surface area contributed by atoms with Crippen LogP contribution in [0, 0.1) is 11.6 Å². The van der Waals surface area contributed by atoms with Gasteiger partial charge in [-0.15, -0.1) is 0 Å². The van der Waals surface area contributed by atoms with Gasteiger partial charge >= 0.3 is 0 Å². The Labute approximate surface area is 145 Å². The number of anilines is 1. The molecule has 1 atom stereocenters. The molecule has 0 bridgehead atoms. The Kier molecular flexibility index (Phi) is 4.62. The predicted molar refractivity (Wildman–Crippen MR) is 88.7 cm³/mol. The SMILES string of the molecule is O=C(NC1CCN(c2ccccc2F)C1=O)c1cc(Br)ccc1F. The molecule has 0 spiro atoms. The Hall–Kier alpha value is -2.28. The second-order valence-electron chi connectivity index (χ2n) is 5.38. The summed E-state index contributed by atoms with van der Waals surface area (Å²) in [6.07, 6.45) is 0.328. The molecule has 2 aromatic rings. The van der Waals surface area contributed by atoms with Crippen molar-refractivity contribution in [2.24, 2.45) is 0 Å². The Morgan fingerprint density at radius 2 is 1.92 bits per heavy atom. The van der Waals surface area contributed by atoms with Gasteiger partial charge in [0.1, 0.15) is 17.7 Å². The Morgan fingerprint density at radius 3 is 2.67 bits per heavy atom. The largest absolute Gasteiger partial charge is 0.340 e. The normalized spacial score (nSPS) is 17.2. The van der Waals surface area contributed by atoms with Crippen LogP contribution in [0.3, 0.4) is 0 Å². The summed E-state index contributed by atoms with van der Waals surface area (Å²) in [6, 6.07) is 9.13. The van der Waals surface area contributed by atoms with Crippen molar-refractivity contribution in [1.29, 1.82) is 0 Å². The summed E-state index contributed by atoms with van der Waals surface area (Å²) < 4.78 is 28.1. The lowest BCUT2D eigenvalue weighted by atomic mass is 10.1. The minimum absolute atomic E-state index is 0.151. The first-order chi connectivity index (χ1) is 11.5. The first-order valence-corrected chi connectivity index (χ1v) is 8.08. The fourth-order valence-corrected chi connectivity index (χ4v) is 2.99. The van der Waals surface area contributed by atoms with Crippen LogP contribution in [0.2, 0.25) is 0 Å². The van der Waals surface area contributed by atoms with E-state index in [4.69, 9.17) is 0 Å². The number of rotatable bonds is 3. The fourth-order valence-electron chi connectivity index (χ4n) is 2.63. The van der Waals surface area contributed by atoms with E-state index in [1.165, 1.54) is 41.3 Å². The Bertz CT molecular complexity index is 813. The van der Waals surface area contributed by atoms with Crippen LogP contribution in [0.15, 0.2) is 46.9 Å². The summed E-state index contributed by atoms with van der Waals surface area (Å²) in [6.45, 7) is 0.283. The summed E-state index contributed by atoms with van der Waals surface area (Å²) in [5.41, 5.74) is 0.0226. The number of halogens is 3. The van der Waals surface area contributed by atoms with Crippen molar-refractivity contribution in [3.8, 4) is 0 Å². The topological polar surface area (TPSA) is 49.4 Å². The maximum absolute atomic E-state index is 13.8. The number of carbonyl (C=O) groups is 2. The van der Waals surface area contributed by atoms with Crippen LogP contribution < -0.4 is 10.2 Å². The molecule has 3 rings (SSSR count). The quantitative estimate of drug-likeness (QED) is 0.868. The minimum Gasteiger partial charge on any atom is -0.340 e. The van der Waals surface area contributed by atoms with Crippen LogP contribution in [0.1, 0.15) is 16.8 Å². The van der Waals surface area contributed by atoms with E-state index in [1.54, 1.807) is 6.07 Å². The third-order valence-corrected chi connectivity index (χ3v) is 4.32. The summed E-state index contributed by atoms with van der Waals surface area (Å²) in [7, 11) is 0. The van der Waals surface area contributed by atoms with E-state index in [0.717, 1.165) is 0 Å². The molecule has 7 heteroatoms. The zero-order valence-corrected chi connectivity index (χ0v) is 14.0. The van der Waals surface area contributed by atoms with Gasteiger partial charge in [-0.05, 0) is 36.8 Å². The standard InChI is InChI=1S/C17H13BrF2N2O2/c18-10-5-6-12(19)11(9-10)16(23)21-14-7-8-22(17(14)24)15-4-2-1-3-13(15)20/h1-6,9,14H,7-8H2,(H,21,23). The predicted octanol–water partition coefficient (Wildman–Crippen LogP) is 3.26. The Morgan fingerprint density at radius 1 is 1.17 bits per heavy atom. The highest BCUT2D eigenvalue weighted by atomic mass is 79.9. The van der Waals surface area contributed by atoms with Crippen LogP contribution in [0.25, 0.3) is 0 Å². The third kappa shape index (κ3) is 3.17. The number of carbonyl (C=O) groups excluding carboxylic acids is 2. The van der Waals surface area contributed by atoms with Gasteiger partial charge in [0, 0.05) is 11.0 Å². The average molecular weight is 395 g/mol. The van der Waals surface area contributed by atoms with Crippen molar-refractivity contribution in [2.75, 3.05) is 11.4 Å². The van der Waals surface area contributed by atoms with E-state index >= 15 is 0 Å². The lowest BCUT2D eigenvalue weighted by Gasteiger charge is -2.18. The first kappa shape index (κ1) is 16.6. The molecule has 124 valence electrons. The summed E-state index contributed by atoms with van der Waals surface area (Å²) in [4.78, 5) is 25.9. The van der Waals surface area contributed by atoms with Crippen LogP contribution in [0.5, 0.6) is 0 Å². The molecule has 1 fully saturated rings. The monoisotopic (exact) mass is 394 g/mol. The molecule has 1 aliphatic heterocycles. The molecular formula is C17H13BrF2N2O2. The second-order valence-corrected chi connectivity index (χ2v) is 6.30.